The van der Waals surface area contributed by atoms with Crippen molar-refractivity contribution in [3.05, 3.63) is 0 Å². The third-order valence-electron chi connectivity index (χ3n) is 6.67. The van der Waals surface area contributed by atoms with Crippen molar-refractivity contribution < 1.29 is 13.2 Å². The molecule has 130 valence electrons. The quantitative estimate of drug-likeness (QED) is 0.799. The highest BCUT2D eigenvalue weighted by Crippen LogP contribution is 2.56. The second-order valence-corrected chi connectivity index (χ2v) is 10.1. The molecule has 6 nitrogen and oxygen atoms in total. The van der Waals surface area contributed by atoms with Crippen LogP contribution in [0.1, 0.15) is 32.1 Å². The summed E-state index contributed by atoms with van der Waals surface area (Å²) in [5.41, 5.74) is -0.324. The smallest absolute Gasteiger partial charge is 0.228 e. The van der Waals surface area contributed by atoms with Gasteiger partial charge in [0.1, 0.15) is 0 Å². The van der Waals surface area contributed by atoms with E-state index in [0.29, 0.717) is 13.1 Å². The van der Waals surface area contributed by atoms with E-state index in [2.05, 4.69) is 10.2 Å². The highest BCUT2D eigenvalue weighted by Gasteiger charge is 2.63. The minimum absolute atomic E-state index is 0.0380. The Labute approximate surface area is 138 Å². The fraction of sp³-hybridized carbons (Fsp3) is 0.938. The maximum atomic E-state index is 12.7. The molecule has 7 heteroatoms. The number of nitrogens with one attached hydrogen (secondary N) is 1. The van der Waals surface area contributed by atoms with E-state index in [0.717, 1.165) is 51.4 Å². The molecule has 3 saturated heterocycles. The van der Waals surface area contributed by atoms with Crippen molar-refractivity contribution in [3.63, 3.8) is 0 Å². The first-order chi connectivity index (χ1) is 10.8. The van der Waals surface area contributed by atoms with Crippen molar-refractivity contribution in [2.45, 2.75) is 32.1 Å². The Morgan fingerprint density at radius 2 is 1.87 bits per heavy atom. The molecule has 23 heavy (non-hydrogen) atoms. The molecule has 0 bridgehead atoms. The molecule has 0 radical (unpaired) electrons. The SMILES string of the molecule is CS(=O)(=O)N1CCC2(CC1)CN(CC1CC1)C[C@]21CCNC1=O. The van der Waals surface area contributed by atoms with Crippen LogP contribution >= 0.6 is 0 Å². The number of carbonyl (C=O) groups is 1. The first-order valence-electron chi connectivity index (χ1n) is 8.81. The van der Waals surface area contributed by atoms with Gasteiger partial charge in [-0.3, -0.25) is 4.79 Å². The molecule has 0 aromatic carbocycles. The van der Waals surface area contributed by atoms with Gasteiger partial charge in [0, 0.05) is 44.7 Å². The zero-order valence-corrected chi connectivity index (χ0v) is 14.7. The van der Waals surface area contributed by atoms with Crippen molar-refractivity contribution in [2.24, 2.45) is 16.7 Å². The summed E-state index contributed by atoms with van der Waals surface area (Å²) in [5.74, 6) is 1.03. The number of rotatable bonds is 3. The summed E-state index contributed by atoms with van der Waals surface area (Å²) in [6.07, 6.45) is 6.47. The maximum absolute atomic E-state index is 12.7. The molecule has 1 atom stereocenters. The summed E-state index contributed by atoms with van der Waals surface area (Å²) in [4.78, 5) is 15.2. The highest BCUT2D eigenvalue weighted by atomic mass is 32.2. The lowest BCUT2D eigenvalue weighted by molar-refractivity contribution is -0.133. The van der Waals surface area contributed by atoms with Crippen molar-refractivity contribution >= 4 is 15.9 Å². The predicted octanol–water partition coefficient (Wildman–Crippen LogP) is 0.260. The monoisotopic (exact) mass is 341 g/mol. The molecule has 1 saturated carbocycles. The van der Waals surface area contributed by atoms with Gasteiger partial charge in [0.05, 0.1) is 11.7 Å². The fourth-order valence-corrected chi connectivity index (χ4v) is 6.04. The van der Waals surface area contributed by atoms with E-state index >= 15 is 0 Å². The number of hydrogen-bond acceptors (Lipinski definition) is 4. The number of hydrogen-bond donors (Lipinski definition) is 1. The first kappa shape index (κ1) is 15.8. The number of sulfonamides is 1. The van der Waals surface area contributed by atoms with Crippen LogP contribution in [0.15, 0.2) is 0 Å². The molecule has 4 aliphatic rings. The normalized spacial score (nSPS) is 35.3. The van der Waals surface area contributed by atoms with E-state index in [9.17, 15) is 13.2 Å². The van der Waals surface area contributed by atoms with E-state index in [1.54, 1.807) is 4.31 Å². The van der Waals surface area contributed by atoms with Gasteiger partial charge in [-0.25, -0.2) is 12.7 Å². The average Bonchev–Trinajstić information content (AvgIpc) is 3.14. The number of fused-ring (bicyclic) bond motifs is 1. The molecule has 0 unspecified atom stereocenters. The molecule has 1 amide bonds. The van der Waals surface area contributed by atoms with Gasteiger partial charge < -0.3 is 10.2 Å². The molecule has 4 fully saturated rings. The Kier molecular flexibility index (Phi) is 3.56. The number of nitrogens with zero attached hydrogens (tertiary/aromatic N) is 2. The Morgan fingerprint density at radius 1 is 1.17 bits per heavy atom. The van der Waals surface area contributed by atoms with Gasteiger partial charge in [-0.15, -0.1) is 0 Å². The molecular weight excluding hydrogens is 314 g/mol. The molecule has 0 aromatic heterocycles. The summed E-state index contributed by atoms with van der Waals surface area (Å²) >= 11 is 0. The summed E-state index contributed by atoms with van der Waals surface area (Å²) in [6.45, 7) is 4.85. The minimum atomic E-state index is -3.12. The van der Waals surface area contributed by atoms with Crippen LogP contribution in [0.2, 0.25) is 0 Å². The second kappa shape index (κ2) is 5.17. The van der Waals surface area contributed by atoms with Crippen LogP contribution in [0.5, 0.6) is 0 Å². The lowest BCUT2D eigenvalue weighted by Crippen LogP contribution is -2.53. The highest BCUT2D eigenvalue weighted by molar-refractivity contribution is 7.88. The van der Waals surface area contributed by atoms with Gasteiger partial charge >= 0.3 is 0 Å². The molecule has 1 aliphatic carbocycles. The van der Waals surface area contributed by atoms with Gasteiger partial charge in [-0.1, -0.05) is 0 Å². The van der Waals surface area contributed by atoms with Crippen LogP contribution in [0.3, 0.4) is 0 Å². The largest absolute Gasteiger partial charge is 0.356 e. The van der Waals surface area contributed by atoms with Crippen molar-refractivity contribution in [1.29, 1.82) is 0 Å². The Balaban J connectivity index is 1.58. The third kappa shape index (κ3) is 2.51. The topological polar surface area (TPSA) is 69.7 Å². The Morgan fingerprint density at radius 3 is 2.39 bits per heavy atom. The lowest BCUT2D eigenvalue weighted by atomic mass is 9.60. The lowest BCUT2D eigenvalue weighted by Gasteiger charge is -2.46. The zero-order chi connectivity index (χ0) is 16.3. The van der Waals surface area contributed by atoms with Crippen LogP contribution in [0, 0.1) is 16.7 Å². The maximum Gasteiger partial charge on any atom is 0.228 e. The fourth-order valence-electron chi connectivity index (χ4n) is 5.19. The molecule has 2 spiro atoms. The second-order valence-electron chi connectivity index (χ2n) is 8.14. The standard InChI is InChI=1S/C16H27N3O3S/c1-23(21,22)19-8-5-15(6-9-19)11-18(10-13-2-3-13)12-16(15)4-7-17-14(16)20/h13H,2-12H2,1H3,(H,17,20)/t16-/m0/s1. The summed E-state index contributed by atoms with van der Waals surface area (Å²) in [6, 6.07) is 0. The van der Waals surface area contributed by atoms with Gasteiger partial charge in [-0.2, -0.15) is 0 Å². The summed E-state index contributed by atoms with van der Waals surface area (Å²) < 4.78 is 25.2. The van der Waals surface area contributed by atoms with Crippen LogP contribution in [0.4, 0.5) is 0 Å². The van der Waals surface area contributed by atoms with E-state index in [-0.39, 0.29) is 16.7 Å². The van der Waals surface area contributed by atoms with Crippen LogP contribution in [0.25, 0.3) is 0 Å². The van der Waals surface area contributed by atoms with Gasteiger partial charge in [-0.05, 0) is 38.0 Å². The minimum Gasteiger partial charge on any atom is -0.356 e. The van der Waals surface area contributed by atoms with Crippen LogP contribution < -0.4 is 5.32 Å². The number of piperidine rings is 1. The number of carbonyl (C=O) groups excluding carboxylic acids is 1. The van der Waals surface area contributed by atoms with Crippen molar-refractivity contribution in [2.75, 3.05) is 45.5 Å². The molecule has 4 rings (SSSR count). The van der Waals surface area contributed by atoms with Gasteiger partial charge in [0.2, 0.25) is 15.9 Å². The van der Waals surface area contributed by atoms with E-state index < -0.39 is 10.0 Å². The average molecular weight is 341 g/mol. The van der Waals surface area contributed by atoms with E-state index in [4.69, 9.17) is 0 Å². The van der Waals surface area contributed by atoms with Crippen molar-refractivity contribution in [1.82, 2.24) is 14.5 Å². The summed E-state index contributed by atoms with van der Waals surface area (Å²) in [7, 11) is -3.12. The number of amides is 1. The first-order valence-corrected chi connectivity index (χ1v) is 10.7. The predicted molar refractivity (Wildman–Crippen MR) is 87.3 cm³/mol. The van der Waals surface area contributed by atoms with Crippen molar-refractivity contribution in [3.8, 4) is 0 Å². The third-order valence-corrected chi connectivity index (χ3v) is 7.97. The Bertz CT molecular complexity index is 608. The van der Waals surface area contributed by atoms with Crippen LogP contribution in [-0.4, -0.2) is 69.1 Å². The van der Waals surface area contributed by atoms with Gasteiger partial charge in [0.25, 0.3) is 0 Å². The van der Waals surface area contributed by atoms with E-state index in [1.165, 1.54) is 19.1 Å². The molecular formula is C16H27N3O3S. The summed E-state index contributed by atoms with van der Waals surface area (Å²) in [5, 5.41) is 3.06. The molecule has 0 aromatic rings. The van der Waals surface area contributed by atoms with Gasteiger partial charge in [0.15, 0.2) is 0 Å². The van der Waals surface area contributed by atoms with Crippen LogP contribution in [-0.2, 0) is 14.8 Å². The molecule has 1 N–H and O–H groups in total. The number of likely N-dealkylation sites (tertiary alicyclic amines) is 1. The zero-order valence-electron chi connectivity index (χ0n) is 13.9. The van der Waals surface area contributed by atoms with E-state index in [1.807, 2.05) is 0 Å². The molecule has 3 aliphatic heterocycles. The molecule has 3 heterocycles. The Hall–Kier alpha value is -0.660.